The summed E-state index contributed by atoms with van der Waals surface area (Å²) >= 11 is 0. The quantitative estimate of drug-likeness (QED) is 0.297. The van der Waals surface area contributed by atoms with E-state index in [1.807, 2.05) is 0 Å². The van der Waals surface area contributed by atoms with E-state index < -0.39 is 11.6 Å². The Balaban J connectivity index is 1.35. The maximum Gasteiger partial charge on any atom is 0.319 e. The zero-order valence-corrected chi connectivity index (χ0v) is 25.7. The van der Waals surface area contributed by atoms with E-state index in [0.29, 0.717) is 48.4 Å². The van der Waals surface area contributed by atoms with Crippen molar-refractivity contribution in [1.29, 1.82) is 0 Å². The number of piperazine rings is 1. The zero-order valence-electron chi connectivity index (χ0n) is 25.7. The molecule has 0 unspecified atom stereocenters. The molecule has 8 nitrogen and oxygen atoms in total. The number of halogens is 2. The second kappa shape index (κ2) is 11.1. The van der Waals surface area contributed by atoms with Crippen LogP contribution < -0.4 is 15.0 Å². The van der Waals surface area contributed by atoms with Gasteiger partial charge in [-0.2, -0.15) is 9.97 Å². The van der Waals surface area contributed by atoms with Gasteiger partial charge in [-0.3, -0.25) is 4.90 Å². The van der Waals surface area contributed by atoms with Gasteiger partial charge in [0.1, 0.15) is 40.9 Å². The van der Waals surface area contributed by atoms with Gasteiger partial charge < -0.3 is 20.1 Å². The number of phenolic OH excluding ortho intramolecular Hbond substituents is 1. The molecular weight excluding hydrogens is 586 g/mol. The van der Waals surface area contributed by atoms with Crippen molar-refractivity contribution in [2.45, 2.75) is 63.1 Å². The van der Waals surface area contributed by atoms with E-state index in [1.165, 1.54) is 24.3 Å². The Morgan fingerprint density at radius 2 is 1.83 bits per heavy atom. The number of anilines is 1. The molecule has 4 saturated heterocycles. The Bertz CT molecular complexity index is 1990. The molecule has 2 bridgehead atoms. The number of nitrogens with zero attached hydrogens (tertiary/aromatic N) is 5. The predicted molar refractivity (Wildman–Crippen MR) is 173 cm³/mol. The largest absolute Gasteiger partial charge is 0.508 e. The van der Waals surface area contributed by atoms with E-state index >= 15 is 4.39 Å². The summed E-state index contributed by atoms with van der Waals surface area (Å²) in [5.41, 5.74) is 0.209. The van der Waals surface area contributed by atoms with Gasteiger partial charge in [0.05, 0.1) is 16.5 Å². The number of ether oxygens (including phenoxy) is 1. The molecule has 4 aromatic rings. The fraction of sp³-hybridized carbons (Fsp3) is 0.417. The average molecular weight is 621 g/mol. The molecule has 234 valence electrons. The summed E-state index contributed by atoms with van der Waals surface area (Å²) in [5.74, 6) is 7.41. The number of hydrogen-bond acceptors (Lipinski definition) is 8. The van der Waals surface area contributed by atoms with Crippen LogP contribution in [0.25, 0.3) is 32.9 Å². The highest BCUT2D eigenvalue weighted by molar-refractivity contribution is 6.04. The minimum atomic E-state index is -0.746. The Kier molecular flexibility index (Phi) is 6.97. The number of fused-ring (bicyclic) bond motifs is 5. The minimum Gasteiger partial charge on any atom is -0.508 e. The van der Waals surface area contributed by atoms with Crippen molar-refractivity contribution in [1.82, 2.24) is 25.2 Å². The molecule has 4 aliphatic heterocycles. The first-order valence-electron chi connectivity index (χ1n) is 16.0. The molecule has 0 aliphatic carbocycles. The first-order chi connectivity index (χ1) is 22.4. The Morgan fingerprint density at radius 1 is 1.07 bits per heavy atom. The topological polar surface area (TPSA) is 86.6 Å². The third-order valence-corrected chi connectivity index (χ3v) is 10.2. The van der Waals surface area contributed by atoms with Crippen LogP contribution in [0.15, 0.2) is 24.3 Å². The number of rotatable bonds is 5. The Hall–Kier alpha value is -4.51. The normalized spacial score (nSPS) is 21.7. The van der Waals surface area contributed by atoms with Crippen LogP contribution in [0.5, 0.6) is 11.8 Å². The van der Waals surface area contributed by atoms with Crippen LogP contribution in [-0.2, 0) is 0 Å². The summed E-state index contributed by atoms with van der Waals surface area (Å²) in [6.07, 6.45) is 12.2. The first-order valence-corrected chi connectivity index (χ1v) is 16.0. The minimum absolute atomic E-state index is 0.0102. The summed E-state index contributed by atoms with van der Waals surface area (Å²) in [6, 6.07) is 6.24. The molecule has 2 aromatic carbocycles. The van der Waals surface area contributed by atoms with E-state index in [1.54, 1.807) is 6.92 Å². The third kappa shape index (κ3) is 4.62. The van der Waals surface area contributed by atoms with Crippen LogP contribution in [0.1, 0.15) is 56.7 Å². The van der Waals surface area contributed by atoms with E-state index in [0.717, 1.165) is 51.6 Å². The van der Waals surface area contributed by atoms with Crippen LogP contribution in [-0.4, -0.2) is 75.4 Å². The van der Waals surface area contributed by atoms with Gasteiger partial charge in [0.2, 0.25) is 0 Å². The monoisotopic (exact) mass is 620 g/mol. The lowest BCUT2D eigenvalue weighted by Gasteiger charge is -2.35. The van der Waals surface area contributed by atoms with Crippen molar-refractivity contribution in [2.75, 3.05) is 37.7 Å². The van der Waals surface area contributed by atoms with Crippen LogP contribution >= 0.6 is 0 Å². The number of aromatic nitrogens is 3. The van der Waals surface area contributed by atoms with Crippen LogP contribution in [0.2, 0.25) is 0 Å². The molecule has 10 heteroatoms. The van der Waals surface area contributed by atoms with Gasteiger partial charge in [0.15, 0.2) is 5.82 Å². The summed E-state index contributed by atoms with van der Waals surface area (Å²) in [5, 5.41) is 15.4. The number of pyridine rings is 1. The maximum atomic E-state index is 17.1. The smallest absolute Gasteiger partial charge is 0.319 e. The molecule has 4 aliphatic rings. The SMILES string of the molecule is C#Cc1c(F)ccc2cc(O)cc(-c3nc(C#CC)c4c(N5C[C@H]6CC[C@@H](C5)N6)nc(OCC56CCCN5CCC6)nc4c3F)c12. The van der Waals surface area contributed by atoms with Crippen LogP contribution in [0, 0.1) is 35.8 Å². The maximum absolute atomic E-state index is 17.1. The molecular formula is C36H34F2N6O2. The summed E-state index contributed by atoms with van der Waals surface area (Å²) in [7, 11) is 0. The van der Waals surface area contributed by atoms with Crippen LogP contribution in [0.3, 0.4) is 0 Å². The van der Waals surface area contributed by atoms with Gasteiger partial charge in [-0.25, -0.2) is 13.8 Å². The van der Waals surface area contributed by atoms with E-state index in [4.69, 9.17) is 26.1 Å². The molecule has 0 amide bonds. The molecule has 6 heterocycles. The van der Waals surface area contributed by atoms with Gasteiger partial charge >= 0.3 is 6.01 Å². The Morgan fingerprint density at radius 3 is 2.54 bits per heavy atom. The highest BCUT2D eigenvalue weighted by Crippen LogP contribution is 2.42. The third-order valence-electron chi connectivity index (χ3n) is 10.2. The summed E-state index contributed by atoms with van der Waals surface area (Å²) < 4.78 is 38.5. The lowest BCUT2D eigenvalue weighted by Crippen LogP contribution is -2.51. The molecule has 0 radical (unpaired) electrons. The second-order valence-corrected chi connectivity index (χ2v) is 13.0. The van der Waals surface area contributed by atoms with Gasteiger partial charge in [-0.15, -0.1) is 6.42 Å². The van der Waals surface area contributed by atoms with Gasteiger partial charge in [0.25, 0.3) is 0 Å². The number of aromatic hydroxyl groups is 1. The number of nitrogens with one attached hydrogen (secondary N) is 1. The summed E-state index contributed by atoms with van der Waals surface area (Å²) in [6.45, 7) is 5.61. The predicted octanol–water partition coefficient (Wildman–Crippen LogP) is 5.13. The molecule has 0 spiro atoms. The van der Waals surface area contributed by atoms with Gasteiger partial charge in [-0.05, 0) is 88.0 Å². The number of hydrogen-bond donors (Lipinski definition) is 2. The molecule has 4 fully saturated rings. The lowest BCUT2D eigenvalue weighted by molar-refractivity contribution is 0.108. The second-order valence-electron chi connectivity index (χ2n) is 13.0. The fourth-order valence-corrected chi connectivity index (χ4v) is 8.20. The van der Waals surface area contributed by atoms with Crippen molar-refractivity contribution < 1.29 is 18.6 Å². The van der Waals surface area contributed by atoms with E-state index in [9.17, 15) is 9.50 Å². The molecule has 0 saturated carbocycles. The molecule has 8 rings (SSSR count). The van der Waals surface area contributed by atoms with Crippen molar-refractivity contribution in [2.24, 2.45) is 0 Å². The summed E-state index contributed by atoms with van der Waals surface area (Å²) in [4.78, 5) is 19.0. The molecule has 2 aromatic heterocycles. The zero-order chi connectivity index (χ0) is 31.6. The van der Waals surface area contributed by atoms with E-state index in [2.05, 4.69) is 32.9 Å². The lowest BCUT2D eigenvalue weighted by atomic mass is 9.95. The highest BCUT2D eigenvalue weighted by atomic mass is 19.1. The van der Waals surface area contributed by atoms with Crippen molar-refractivity contribution in [3.8, 4) is 47.2 Å². The van der Waals surface area contributed by atoms with Crippen molar-refractivity contribution in [3.05, 3.63) is 47.2 Å². The molecule has 2 N–H and O–H groups in total. The van der Waals surface area contributed by atoms with Crippen LogP contribution in [0.4, 0.5) is 14.6 Å². The Labute approximate surface area is 266 Å². The van der Waals surface area contributed by atoms with Crippen molar-refractivity contribution >= 4 is 27.5 Å². The average Bonchev–Trinajstić information content (AvgIpc) is 3.74. The fourth-order valence-electron chi connectivity index (χ4n) is 8.20. The van der Waals surface area contributed by atoms with E-state index in [-0.39, 0.29) is 50.7 Å². The highest BCUT2D eigenvalue weighted by Gasteiger charge is 2.45. The number of phenols is 1. The molecule has 46 heavy (non-hydrogen) atoms. The molecule has 2 atom stereocenters. The van der Waals surface area contributed by atoms with Gasteiger partial charge in [-0.1, -0.05) is 17.9 Å². The number of benzene rings is 2. The first kappa shape index (κ1) is 28.9. The number of terminal acetylenes is 1. The van der Waals surface area contributed by atoms with Gasteiger partial charge in [0, 0.05) is 36.1 Å². The van der Waals surface area contributed by atoms with Crippen molar-refractivity contribution in [3.63, 3.8) is 0 Å². The standard InChI is InChI=1S/C36H34F2N6O2/c1-3-7-28-30-33(31(38)32(40-28)26-17-24(45)16-21-8-11-27(37)25(4-2)29(21)26)41-35(46-20-36-12-5-14-44(36)15-6-13-36)42-34(30)43-18-22-9-10-23(19-43)39-22/h2,8,11,16-17,22-23,39,45H,5-6,9-10,12-15,18-20H2,1H3/t22-,23+.